The Hall–Kier alpha value is -0.0800. The van der Waals surface area contributed by atoms with Gasteiger partial charge in [0.15, 0.2) is 0 Å². The third-order valence-corrected chi connectivity index (χ3v) is 3.87. The molecule has 0 bridgehead atoms. The molecule has 2 heteroatoms. The van der Waals surface area contributed by atoms with E-state index in [0.29, 0.717) is 5.41 Å². The number of ether oxygens (including phenoxy) is 2. The molecule has 16 heavy (non-hydrogen) atoms. The molecule has 1 heterocycles. The van der Waals surface area contributed by atoms with Crippen LogP contribution >= 0.6 is 0 Å². The summed E-state index contributed by atoms with van der Waals surface area (Å²) in [6.45, 7) is 10.4. The average Bonchev–Trinajstić information content (AvgIpc) is 2.26. The maximum atomic E-state index is 5.90. The van der Waals surface area contributed by atoms with E-state index in [1.165, 1.54) is 32.1 Å². The van der Waals surface area contributed by atoms with E-state index in [0.717, 1.165) is 32.3 Å². The molecule has 0 aromatic heterocycles. The van der Waals surface area contributed by atoms with Gasteiger partial charge < -0.3 is 9.47 Å². The predicted molar refractivity (Wildman–Crippen MR) is 67.7 cm³/mol. The van der Waals surface area contributed by atoms with Crippen molar-refractivity contribution in [3.05, 3.63) is 0 Å². The van der Waals surface area contributed by atoms with Crippen molar-refractivity contribution in [3.8, 4) is 0 Å². The van der Waals surface area contributed by atoms with Gasteiger partial charge in [0.25, 0.3) is 0 Å². The summed E-state index contributed by atoms with van der Waals surface area (Å²) in [5.74, 6) is 0.759. The lowest BCUT2D eigenvalue weighted by Crippen LogP contribution is -2.46. The Kier molecular flexibility index (Phi) is 6.37. The molecule has 96 valence electrons. The first-order valence-electron chi connectivity index (χ1n) is 6.91. The Morgan fingerprint density at radius 3 is 2.44 bits per heavy atom. The van der Waals surface area contributed by atoms with Gasteiger partial charge in [0.1, 0.15) is 0 Å². The molecule has 1 aliphatic heterocycles. The van der Waals surface area contributed by atoms with Crippen LogP contribution in [-0.2, 0) is 9.47 Å². The lowest BCUT2D eigenvalue weighted by Gasteiger charge is -2.40. The van der Waals surface area contributed by atoms with E-state index in [1.54, 1.807) is 0 Å². The fraction of sp³-hybridized carbons (Fsp3) is 1.00. The molecule has 0 aromatic rings. The largest absolute Gasteiger partial charge is 0.380 e. The van der Waals surface area contributed by atoms with E-state index in [1.807, 2.05) is 0 Å². The maximum Gasteiger partial charge on any atom is 0.0566 e. The molecule has 0 aliphatic carbocycles. The van der Waals surface area contributed by atoms with Crippen LogP contribution in [0.2, 0.25) is 0 Å². The zero-order chi connectivity index (χ0) is 11.9. The van der Waals surface area contributed by atoms with Gasteiger partial charge in [-0.25, -0.2) is 0 Å². The monoisotopic (exact) mass is 228 g/mol. The fourth-order valence-corrected chi connectivity index (χ4v) is 2.12. The molecule has 0 N–H and O–H groups in total. The zero-order valence-corrected chi connectivity index (χ0v) is 11.3. The Bertz CT molecular complexity index is 170. The lowest BCUT2D eigenvalue weighted by atomic mass is 9.84. The van der Waals surface area contributed by atoms with Crippen LogP contribution in [0.15, 0.2) is 0 Å². The molecule has 1 rings (SSSR count). The van der Waals surface area contributed by atoms with E-state index in [9.17, 15) is 0 Å². The summed E-state index contributed by atoms with van der Waals surface area (Å²) in [7, 11) is 0. The van der Waals surface area contributed by atoms with Gasteiger partial charge in [-0.15, -0.1) is 0 Å². The van der Waals surface area contributed by atoms with Crippen molar-refractivity contribution in [3.63, 3.8) is 0 Å². The van der Waals surface area contributed by atoms with E-state index in [4.69, 9.17) is 9.47 Å². The SMILES string of the molecule is CCCC[C@@H](CC)COCC1(CC)COC1. The number of unbranched alkanes of at least 4 members (excludes halogenated alkanes) is 1. The summed E-state index contributed by atoms with van der Waals surface area (Å²) >= 11 is 0. The minimum Gasteiger partial charge on any atom is -0.380 e. The summed E-state index contributed by atoms with van der Waals surface area (Å²) < 4.78 is 11.2. The van der Waals surface area contributed by atoms with Gasteiger partial charge in [-0.1, -0.05) is 40.0 Å². The standard InChI is InChI=1S/C14H28O2/c1-4-7-8-13(5-2)9-15-10-14(6-3)11-16-12-14/h13H,4-12H2,1-3H3/t13-/m1/s1. The Morgan fingerprint density at radius 2 is 2.00 bits per heavy atom. The van der Waals surface area contributed by atoms with Gasteiger partial charge in [-0.3, -0.25) is 0 Å². The third kappa shape index (κ3) is 4.06. The van der Waals surface area contributed by atoms with Crippen molar-refractivity contribution in [1.82, 2.24) is 0 Å². The number of rotatable bonds is 9. The molecule has 0 spiro atoms. The lowest BCUT2D eigenvalue weighted by molar-refractivity contribution is -0.152. The van der Waals surface area contributed by atoms with E-state index < -0.39 is 0 Å². The molecule has 0 saturated carbocycles. The normalized spacial score (nSPS) is 20.4. The number of hydrogen-bond donors (Lipinski definition) is 0. The van der Waals surface area contributed by atoms with Crippen molar-refractivity contribution < 1.29 is 9.47 Å². The Labute approximate surface area is 101 Å². The van der Waals surface area contributed by atoms with E-state index in [2.05, 4.69) is 20.8 Å². The first-order valence-corrected chi connectivity index (χ1v) is 6.91. The van der Waals surface area contributed by atoms with Crippen molar-refractivity contribution in [2.24, 2.45) is 11.3 Å². The Morgan fingerprint density at radius 1 is 1.25 bits per heavy atom. The highest BCUT2D eigenvalue weighted by Gasteiger charge is 2.37. The summed E-state index contributed by atoms with van der Waals surface area (Å²) in [6.07, 6.45) is 6.38. The molecule has 0 unspecified atom stereocenters. The molecule has 1 fully saturated rings. The zero-order valence-electron chi connectivity index (χ0n) is 11.3. The summed E-state index contributed by atoms with van der Waals surface area (Å²) in [6, 6.07) is 0. The smallest absolute Gasteiger partial charge is 0.0566 e. The maximum absolute atomic E-state index is 5.90. The van der Waals surface area contributed by atoms with Crippen LogP contribution in [0.4, 0.5) is 0 Å². The van der Waals surface area contributed by atoms with Gasteiger partial charge in [0.2, 0.25) is 0 Å². The quantitative estimate of drug-likeness (QED) is 0.600. The van der Waals surface area contributed by atoms with Crippen molar-refractivity contribution in [2.75, 3.05) is 26.4 Å². The molecular weight excluding hydrogens is 200 g/mol. The summed E-state index contributed by atoms with van der Waals surface area (Å²) in [4.78, 5) is 0. The van der Waals surface area contributed by atoms with Gasteiger partial charge in [-0.2, -0.15) is 0 Å². The van der Waals surface area contributed by atoms with Crippen LogP contribution in [-0.4, -0.2) is 26.4 Å². The van der Waals surface area contributed by atoms with Crippen molar-refractivity contribution in [2.45, 2.75) is 52.9 Å². The Balaban J connectivity index is 2.12. The topological polar surface area (TPSA) is 18.5 Å². The van der Waals surface area contributed by atoms with Crippen LogP contribution in [0.1, 0.15) is 52.9 Å². The fourth-order valence-electron chi connectivity index (χ4n) is 2.12. The highest BCUT2D eigenvalue weighted by Crippen LogP contribution is 2.31. The van der Waals surface area contributed by atoms with Crippen LogP contribution in [0.3, 0.4) is 0 Å². The highest BCUT2D eigenvalue weighted by atomic mass is 16.5. The van der Waals surface area contributed by atoms with E-state index >= 15 is 0 Å². The van der Waals surface area contributed by atoms with Crippen LogP contribution < -0.4 is 0 Å². The minimum absolute atomic E-state index is 0.350. The summed E-state index contributed by atoms with van der Waals surface area (Å²) in [5.41, 5.74) is 0.350. The van der Waals surface area contributed by atoms with Crippen LogP contribution in [0, 0.1) is 11.3 Å². The first-order chi connectivity index (χ1) is 7.76. The molecule has 0 amide bonds. The van der Waals surface area contributed by atoms with E-state index in [-0.39, 0.29) is 0 Å². The van der Waals surface area contributed by atoms with Gasteiger partial charge in [-0.05, 0) is 18.8 Å². The second-order valence-electron chi connectivity index (χ2n) is 5.28. The predicted octanol–water partition coefficient (Wildman–Crippen LogP) is 3.65. The third-order valence-electron chi connectivity index (χ3n) is 3.87. The molecule has 2 nitrogen and oxygen atoms in total. The molecule has 0 aromatic carbocycles. The molecule has 1 aliphatic rings. The second kappa shape index (κ2) is 7.29. The molecule has 1 atom stereocenters. The molecule has 0 radical (unpaired) electrons. The van der Waals surface area contributed by atoms with Crippen molar-refractivity contribution in [1.29, 1.82) is 0 Å². The summed E-state index contributed by atoms with van der Waals surface area (Å²) in [5, 5.41) is 0. The average molecular weight is 228 g/mol. The van der Waals surface area contributed by atoms with Gasteiger partial charge in [0, 0.05) is 12.0 Å². The van der Waals surface area contributed by atoms with Gasteiger partial charge >= 0.3 is 0 Å². The second-order valence-corrected chi connectivity index (χ2v) is 5.28. The van der Waals surface area contributed by atoms with Crippen LogP contribution in [0.25, 0.3) is 0 Å². The van der Waals surface area contributed by atoms with Gasteiger partial charge in [0.05, 0.1) is 19.8 Å². The molecule has 1 saturated heterocycles. The number of hydrogen-bond acceptors (Lipinski definition) is 2. The molecular formula is C14H28O2. The highest BCUT2D eigenvalue weighted by molar-refractivity contribution is 4.83. The minimum atomic E-state index is 0.350. The first kappa shape index (κ1) is 14.0. The van der Waals surface area contributed by atoms with Crippen LogP contribution in [0.5, 0.6) is 0 Å². The van der Waals surface area contributed by atoms with Crippen molar-refractivity contribution >= 4 is 0 Å².